The number of amides is 1. The van der Waals surface area contributed by atoms with E-state index < -0.39 is 18.5 Å². The quantitative estimate of drug-likeness (QED) is 0.572. The normalized spacial score (nSPS) is 10.6. The summed E-state index contributed by atoms with van der Waals surface area (Å²) in [5, 5.41) is 12.5. The van der Waals surface area contributed by atoms with E-state index in [-0.39, 0.29) is 16.5 Å². The second kappa shape index (κ2) is 9.12. The molecule has 0 spiro atoms. The summed E-state index contributed by atoms with van der Waals surface area (Å²) in [5.41, 5.74) is 0.943. The number of anilines is 1. The van der Waals surface area contributed by atoms with Crippen LogP contribution in [0.3, 0.4) is 0 Å². The molecule has 26 heavy (non-hydrogen) atoms. The Labute approximate surface area is 159 Å². The largest absolute Gasteiger partial charge is 0.504 e. The van der Waals surface area contributed by atoms with Crippen LogP contribution in [-0.4, -0.2) is 30.7 Å². The van der Waals surface area contributed by atoms with Gasteiger partial charge in [0.1, 0.15) is 0 Å². The highest BCUT2D eigenvalue weighted by Crippen LogP contribution is 2.29. The molecule has 0 aliphatic rings. The van der Waals surface area contributed by atoms with Crippen LogP contribution < -0.4 is 10.1 Å². The number of methoxy groups -OCH3 is 1. The maximum Gasteiger partial charge on any atom is 0.331 e. The molecule has 0 saturated carbocycles. The lowest BCUT2D eigenvalue weighted by Gasteiger charge is -2.08. The zero-order chi connectivity index (χ0) is 19.1. The zero-order valence-electron chi connectivity index (χ0n) is 13.7. The lowest BCUT2D eigenvalue weighted by Crippen LogP contribution is -2.20. The number of phenolic OH excluding ortho intramolecular Hbond substituents is 1. The van der Waals surface area contributed by atoms with Gasteiger partial charge in [0.25, 0.3) is 5.91 Å². The van der Waals surface area contributed by atoms with Crippen molar-refractivity contribution in [2.24, 2.45) is 0 Å². The topological polar surface area (TPSA) is 84.9 Å². The van der Waals surface area contributed by atoms with Crippen molar-refractivity contribution in [3.63, 3.8) is 0 Å². The third-order valence-electron chi connectivity index (χ3n) is 3.19. The predicted octanol–water partition coefficient (Wildman–Crippen LogP) is 3.90. The number of carbonyl (C=O) groups is 2. The highest BCUT2D eigenvalue weighted by atomic mass is 35.5. The van der Waals surface area contributed by atoms with Crippen molar-refractivity contribution >= 4 is 46.8 Å². The number of benzene rings is 2. The van der Waals surface area contributed by atoms with Crippen molar-refractivity contribution < 1.29 is 24.2 Å². The van der Waals surface area contributed by atoms with Gasteiger partial charge in [-0.05, 0) is 35.9 Å². The summed E-state index contributed by atoms with van der Waals surface area (Å²) in [7, 11) is 1.42. The van der Waals surface area contributed by atoms with Crippen LogP contribution in [0.2, 0.25) is 10.0 Å². The van der Waals surface area contributed by atoms with Gasteiger partial charge in [0.05, 0.1) is 22.8 Å². The molecule has 1 amide bonds. The molecule has 8 heteroatoms. The Morgan fingerprint density at radius 3 is 2.73 bits per heavy atom. The monoisotopic (exact) mass is 395 g/mol. The average Bonchev–Trinajstić information content (AvgIpc) is 2.63. The lowest BCUT2D eigenvalue weighted by molar-refractivity contribution is -0.142. The molecule has 2 N–H and O–H groups in total. The van der Waals surface area contributed by atoms with E-state index in [1.807, 2.05) is 0 Å². The van der Waals surface area contributed by atoms with Gasteiger partial charge in [-0.1, -0.05) is 35.3 Å². The van der Waals surface area contributed by atoms with Crippen molar-refractivity contribution in [2.45, 2.75) is 0 Å². The SMILES string of the molecule is COc1cc(/C=C/C(=O)OCC(=O)Nc2cccc(Cl)c2Cl)ccc1O. The zero-order valence-corrected chi connectivity index (χ0v) is 15.2. The van der Waals surface area contributed by atoms with E-state index in [1.165, 1.54) is 19.3 Å². The van der Waals surface area contributed by atoms with Crippen LogP contribution in [0.4, 0.5) is 5.69 Å². The maximum atomic E-state index is 11.8. The Balaban J connectivity index is 1.88. The van der Waals surface area contributed by atoms with Crippen molar-refractivity contribution in [3.05, 3.63) is 58.1 Å². The van der Waals surface area contributed by atoms with Crippen LogP contribution in [0.5, 0.6) is 11.5 Å². The third kappa shape index (κ3) is 5.40. The van der Waals surface area contributed by atoms with Crippen LogP contribution >= 0.6 is 23.2 Å². The van der Waals surface area contributed by atoms with E-state index in [2.05, 4.69) is 5.32 Å². The fraction of sp³-hybridized carbons (Fsp3) is 0.111. The van der Waals surface area contributed by atoms with Gasteiger partial charge < -0.3 is 19.9 Å². The van der Waals surface area contributed by atoms with Crippen LogP contribution in [-0.2, 0) is 14.3 Å². The molecule has 0 atom stereocenters. The van der Waals surface area contributed by atoms with Gasteiger partial charge in [-0.3, -0.25) is 4.79 Å². The molecule has 0 saturated heterocycles. The molecule has 0 aromatic heterocycles. The number of aromatic hydroxyl groups is 1. The molecule has 2 aromatic rings. The maximum absolute atomic E-state index is 11.8. The Morgan fingerprint density at radius 1 is 1.23 bits per heavy atom. The number of nitrogens with one attached hydrogen (secondary N) is 1. The summed E-state index contributed by atoms with van der Waals surface area (Å²) in [6.07, 6.45) is 2.63. The Hall–Kier alpha value is -2.70. The molecule has 0 heterocycles. The first-order valence-electron chi connectivity index (χ1n) is 7.36. The first-order valence-corrected chi connectivity index (χ1v) is 8.12. The molecule has 0 aliphatic carbocycles. The number of rotatable bonds is 6. The summed E-state index contributed by atoms with van der Waals surface area (Å²) in [5.74, 6) is -0.992. The standard InChI is InChI=1S/C18H15Cl2NO5/c1-25-15-9-11(5-7-14(15)22)6-8-17(24)26-10-16(23)21-13-4-2-3-12(19)18(13)20/h2-9,22H,10H2,1H3,(H,21,23)/b8-6+. The Bertz CT molecular complexity index is 851. The second-order valence-corrected chi connectivity index (χ2v) is 5.81. The minimum absolute atomic E-state index is 0.0106. The fourth-order valence-corrected chi connectivity index (χ4v) is 2.28. The molecule has 2 aromatic carbocycles. The van der Waals surface area contributed by atoms with Crippen LogP contribution in [0.25, 0.3) is 6.08 Å². The number of esters is 1. The highest BCUT2D eigenvalue weighted by molar-refractivity contribution is 6.44. The average molecular weight is 396 g/mol. The lowest BCUT2D eigenvalue weighted by atomic mass is 10.2. The van der Waals surface area contributed by atoms with Crippen molar-refractivity contribution in [1.29, 1.82) is 0 Å². The van der Waals surface area contributed by atoms with Gasteiger partial charge in [-0.15, -0.1) is 0 Å². The smallest absolute Gasteiger partial charge is 0.331 e. The van der Waals surface area contributed by atoms with Gasteiger partial charge in [-0.25, -0.2) is 4.79 Å². The molecule has 0 bridgehead atoms. The molecule has 6 nitrogen and oxygen atoms in total. The van der Waals surface area contributed by atoms with Gasteiger partial charge in [0, 0.05) is 6.08 Å². The summed E-state index contributed by atoms with van der Waals surface area (Å²) in [6.45, 7) is -0.481. The number of hydrogen-bond donors (Lipinski definition) is 2. The van der Waals surface area contributed by atoms with Crippen LogP contribution in [0.1, 0.15) is 5.56 Å². The summed E-state index contributed by atoms with van der Waals surface area (Å²) < 4.78 is 9.83. The van der Waals surface area contributed by atoms with Gasteiger partial charge in [0.15, 0.2) is 18.1 Å². The minimum Gasteiger partial charge on any atom is -0.504 e. The first kappa shape index (κ1) is 19.6. The summed E-state index contributed by atoms with van der Waals surface area (Å²) in [4.78, 5) is 23.5. The van der Waals surface area contributed by atoms with E-state index in [4.69, 9.17) is 32.7 Å². The predicted molar refractivity (Wildman–Crippen MR) is 99.7 cm³/mol. The molecule has 136 valence electrons. The number of ether oxygens (including phenoxy) is 2. The van der Waals surface area contributed by atoms with Gasteiger partial charge in [0.2, 0.25) is 0 Å². The highest BCUT2D eigenvalue weighted by Gasteiger charge is 2.10. The Kier molecular flexibility index (Phi) is 6.89. The van der Waals surface area contributed by atoms with Gasteiger partial charge >= 0.3 is 5.97 Å². The number of carbonyl (C=O) groups excluding carboxylic acids is 2. The molecule has 0 radical (unpaired) electrons. The van der Waals surface area contributed by atoms with Crippen molar-refractivity contribution in [2.75, 3.05) is 19.0 Å². The molecule has 2 rings (SSSR count). The van der Waals surface area contributed by atoms with Crippen LogP contribution in [0.15, 0.2) is 42.5 Å². The van der Waals surface area contributed by atoms with Crippen molar-refractivity contribution in [3.8, 4) is 11.5 Å². The molecular formula is C18H15Cl2NO5. The van der Waals surface area contributed by atoms with E-state index in [1.54, 1.807) is 30.3 Å². The summed E-state index contributed by atoms with van der Waals surface area (Å²) in [6, 6.07) is 9.37. The molecular weight excluding hydrogens is 381 g/mol. The van der Waals surface area contributed by atoms with Gasteiger partial charge in [-0.2, -0.15) is 0 Å². The van der Waals surface area contributed by atoms with E-state index in [0.29, 0.717) is 16.3 Å². The van der Waals surface area contributed by atoms with Crippen molar-refractivity contribution in [1.82, 2.24) is 0 Å². The molecule has 0 aliphatic heterocycles. The van der Waals surface area contributed by atoms with Crippen LogP contribution in [0, 0.1) is 0 Å². The molecule has 0 fully saturated rings. The van der Waals surface area contributed by atoms with E-state index >= 15 is 0 Å². The minimum atomic E-state index is -0.704. The number of phenols is 1. The fourth-order valence-electron chi connectivity index (χ4n) is 1.93. The van der Waals surface area contributed by atoms with E-state index in [9.17, 15) is 14.7 Å². The Morgan fingerprint density at radius 2 is 2.00 bits per heavy atom. The third-order valence-corrected chi connectivity index (χ3v) is 4.01. The summed E-state index contributed by atoms with van der Waals surface area (Å²) >= 11 is 11.8. The number of halogens is 2. The second-order valence-electron chi connectivity index (χ2n) is 5.02. The first-order chi connectivity index (χ1) is 12.4. The number of hydrogen-bond acceptors (Lipinski definition) is 5. The van der Waals surface area contributed by atoms with E-state index in [0.717, 1.165) is 6.08 Å². The molecule has 0 unspecified atom stereocenters.